The molecule has 23 heavy (non-hydrogen) atoms. The van der Waals surface area contributed by atoms with Gasteiger partial charge < -0.3 is 4.90 Å². The second kappa shape index (κ2) is 6.59. The van der Waals surface area contributed by atoms with Crippen molar-refractivity contribution in [2.45, 2.75) is 57.5 Å². The van der Waals surface area contributed by atoms with E-state index in [-0.39, 0.29) is 29.5 Å². The highest BCUT2D eigenvalue weighted by atomic mass is 32.2. The smallest absolute Gasteiger partial charge is 0.254 e. The average molecular weight is 336 g/mol. The number of aromatic nitrogens is 1. The van der Waals surface area contributed by atoms with Crippen LogP contribution in [0, 0.1) is 6.92 Å². The van der Waals surface area contributed by atoms with Gasteiger partial charge in [-0.15, -0.1) is 0 Å². The summed E-state index contributed by atoms with van der Waals surface area (Å²) in [5.41, 5.74) is 1.42. The van der Waals surface area contributed by atoms with E-state index in [4.69, 9.17) is 0 Å². The van der Waals surface area contributed by atoms with Crippen molar-refractivity contribution in [1.29, 1.82) is 0 Å². The van der Waals surface area contributed by atoms with Crippen molar-refractivity contribution >= 4 is 15.7 Å². The number of hydrogen-bond acceptors (Lipinski definition) is 4. The molecule has 2 fully saturated rings. The van der Waals surface area contributed by atoms with Gasteiger partial charge in [0.1, 0.15) is 0 Å². The SMILES string of the molecule is Cc1cc(C(=O)N(C2CCCCC2)C2CCS(=O)(=O)C2)ccn1. The molecule has 0 bridgehead atoms. The van der Waals surface area contributed by atoms with Crippen LogP contribution in [-0.4, -0.2) is 47.8 Å². The fraction of sp³-hybridized carbons (Fsp3) is 0.647. The first-order valence-corrected chi connectivity index (χ1v) is 10.2. The predicted octanol–water partition coefficient (Wildman–Crippen LogP) is 2.35. The monoisotopic (exact) mass is 336 g/mol. The number of pyridine rings is 1. The van der Waals surface area contributed by atoms with E-state index in [0.717, 1.165) is 31.4 Å². The molecule has 5 nitrogen and oxygen atoms in total. The maximum atomic E-state index is 13.1. The van der Waals surface area contributed by atoms with Gasteiger partial charge in [0.05, 0.1) is 11.5 Å². The molecule has 0 radical (unpaired) electrons. The average Bonchev–Trinajstić information content (AvgIpc) is 2.88. The third kappa shape index (κ3) is 3.74. The molecule has 0 N–H and O–H groups in total. The first kappa shape index (κ1) is 16.4. The molecule has 1 unspecified atom stereocenters. The van der Waals surface area contributed by atoms with Gasteiger partial charge in [0.15, 0.2) is 9.84 Å². The molecule has 1 atom stereocenters. The van der Waals surface area contributed by atoms with Gasteiger partial charge in [-0.05, 0) is 38.3 Å². The number of rotatable bonds is 3. The van der Waals surface area contributed by atoms with E-state index in [9.17, 15) is 13.2 Å². The molecule has 126 valence electrons. The van der Waals surface area contributed by atoms with Gasteiger partial charge in [-0.1, -0.05) is 19.3 Å². The number of amides is 1. The Morgan fingerprint density at radius 2 is 1.91 bits per heavy atom. The normalized spacial score (nSPS) is 24.5. The second-order valence-electron chi connectivity index (χ2n) is 6.75. The minimum absolute atomic E-state index is 0.0375. The maximum absolute atomic E-state index is 13.1. The Morgan fingerprint density at radius 1 is 1.17 bits per heavy atom. The summed E-state index contributed by atoms with van der Waals surface area (Å²) >= 11 is 0. The van der Waals surface area contributed by atoms with Crippen molar-refractivity contribution in [3.05, 3.63) is 29.6 Å². The molecule has 1 amide bonds. The minimum atomic E-state index is -3.01. The van der Waals surface area contributed by atoms with Crippen LogP contribution in [0.15, 0.2) is 18.3 Å². The fourth-order valence-corrected chi connectivity index (χ4v) is 5.52. The Kier molecular flexibility index (Phi) is 4.71. The molecule has 1 saturated heterocycles. The first-order valence-electron chi connectivity index (χ1n) is 8.42. The van der Waals surface area contributed by atoms with E-state index in [1.807, 2.05) is 11.8 Å². The molecule has 0 aromatic carbocycles. The summed E-state index contributed by atoms with van der Waals surface area (Å²) in [4.78, 5) is 19.1. The van der Waals surface area contributed by atoms with Gasteiger partial charge in [-0.3, -0.25) is 9.78 Å². The lowest BCUT2D eigenvalue weighted by molar-refractivity contribution is 0.0541. The summed E-state index contributed by atoms with van der Waals surface area (Å²) in [6, 6.07) is 3.52. The molecule has 1 aliphatic carbocycles. The van der Waals surface area contributed by atoms with Crippen molar-refractivity contribution < 1.29 is 13.2 Å². The predicted molar refractivity (Wildman–Crippen MR) is 89.1 cm³/mol. The molecular formula is C17H24N2O3S. The van der Waals surface area contributed by atoms with Crippen LogP contribution in [0.1, 0.15) is 54.6 Å². The van der Waals surface area contributed by atoms with E-state index in [2.05, 4.69) is 4.98 Å². The van der Waals surface area contributed by atoms with Crippen LogP contribution >= 0.6 is 0 Å². The molecule has 1 aliphatic heterocycles. The second-order valence-corrected chi connectivity index (χ2v) is 8.98. The zero-order valence-electron chi connectivity index (χ0n) is 13.6. The molecular weight excluding hydrogens is 312 g/mol. The molecule has 6 heteroatoms. The van der Waals surface area contributed by atoms with Gasteiger partial charge in [0.2, 0.25) is 0 Å². The largest absolute Gasteiger partial charge is 0.332 e. The number of hydrogen-bond donors (Lipinski definition) is 0. The lowest BCUT2D eigenvalue weighted by Gasteiger charge is -2.38. The summed E-state index contributed by atoms with van der Waals surface area (Å²) in [6.07, 6.45) is 7.60. The van der Waals surface area contributed by atoms with Crippen molar-refractivity contribution in [1.82, 2.24) is 9.88 Å². The molecule has 1 aromatic rings. The summed E-state index contributed by atoms with van der Waals surface area (Å²) in [5, 5.41) is 0. The van der Waals surface area contributed by atoms with E-state index in [0.29, 0.717) is 12.0 Å². The van der Waals surface area contributed by atoms with E-state index in [1.54, 1.807) is 18.3 Å². The van der Waals surface area contributed by atoms with Crippen LogP contribution in [0.3, 0.4) is 0 Å². The topological polar surface area (TPSA) is 67.3 Å². The van der Waals surface area contributed by atoms with Gasteiger partial charge in [-0.25, -0.2) is 8.42 Å². The number of sulfone groups is 1. The van der Waals surface area contributed by atoms with Crippen LogP contribution in [0.2, 0.25) is 0 Å². The molecule has 2 aliphatic rings. The van der Waals surface area contributed by atoms with E-state index >= 15 is 0 Å². The van der Waals surface area contributed by atoms with Gasteiger partial charge >= 0.3 is 0 Å². The molecule has 0 spiro atoms. The Labute approximate surface area is 138 Å². The third-order valence-electron chi connectivity index (χ3n) is 4.95. The lowest BCUT2D eigenvalue weighted by atomic mass is 9.92. The van der Waals surface area contributed by atoms with E-state index in [1.165, 1.54) is 6.42 Å². The lowest BCUT2D eigenvalue weighted by Crippen LogP contribution is -2.48. The highest BCUT2D eigenvalue weighted by Crippen LogP contribution is 2.29. The van der Waals surface area contributed by atoms with Crippen LogP contribution in [0.4, 0.5) is 0 Å². The highest BCUT2D eigenvalue weighted by molar-refractivity contribution is 7.91. The van der Waals surface area contributed by atoms with Gasteiger partial charge in [0, 0.05) is 29.5 Å². The Morgan fingerprint density at radius 3 is 2.52 bits per heavy atom. The zero-order chi connectivity index (χ0) is 16.4. The summed E-state index contributed by atoms with van der Waals surface area (Å²) in [5.74, 6) is 0.271. The molecule has 2 heterocycles. The summed E-state index contributed by atoms with van der Waals surface area (Å²) in [7, 11) is -3.01. The third-order valence-corrected chi connectivity index (χ3v) is 6.70. The number of nitrogens with zero attached hydrogens (tertiary/aromatic N) is 2. The van der Waals surface area contributed by atoms with Gasteiger partial charge in [0.25, 0.3) is 5.91 Å². The van der Waals surface area contributed by atoms with Crippen LogP contribution in [-0.2, 0) is 9.84 Å². The van der Waals surface area contributed by atoms with Crippen LogP contribution in [0.5, 0.6) is 0 Å². The number of carbonyl (C=O) groups is 1. The maximum Gasteiger partial charge on any atom is 0.254 e. The van der Waals surface area contributed by atoms with Gasteiger partial charge in [-0.2, -0.15) is 0 Å². The number of carbonyl (C=O) groups excluding carboxylic acids is 1. The first-order chi connectivity index (χ1) is 11.0. The summed E-state index contributed by atoms with van der Waals surface area (Å²) < 4.78 is 23.8. The summed E-state index contributed by atoms with van der Waals surface area (Å²) in [6.45, 7) is 1.86. The fourth-order valence-electron chi connectivity index (χ4n) is 3.81. The zero-order valence-corrected chi connectivity index (χ0v) is 14.4. The molecule has 3 rings (SSSR count). The van der Waals surface area contributed by atoms with E-state index < -0.39 is 9.84 Å². The van der Waals surface area contributed by atoms with Crippen LogP contribution in [0.25, 0.3) is 0 Å². The van der Waals surface area contributed by atoms with Crippen molar-refractivity contribution in [3.8, 4) is 0 Å². The van der Waals surface area contributed by atoms with Crippen LogP contribution < -0.4 is 0 Å². The standard InChI is InChI=1S/C17H24N2O3S/c1-13-11-14(7-9-18-13)17(20)19(15-5-3-2-4-6-15)16-8-10-23(21,22)12-16/h7,9,11,15-16H,2-6,8,10,12H2,1H3. The van der Waals surface area contributed by atoms with Crippen molar-refractivity contribution in [2.24, 2.45) is 0 Å². The Balaban J connectivity index is 1.89. The Hall–Kier alpha value is -1.43. The quantitative estimate of drug-likeness (QED) is 0.850. The van der Waals surface area contributed by atoms with Crippen molar-refractivity contribution in [2.75, 3.05) is 11.5 Å². The molecule has 1 saturated carbocycles. The van der Waals surface area contributed by atoms with Crippen molar-refractivity contribution in [3.63, 3.8) is 0 Å². The highest BCUT2D eigenvalue weighted by Gasteiger charge is 2.38. The Bertz CT molecular complexity index is 681. The minimum Gasteiger partial charge on any atom is -0.332 e. The molecule has 1 aromatic heterocycles. The number of aryl methyl sites for hydroxylation is 1.